The maximum Gasteiger partial charge on any atom is 0.338 e. The number of benzene rings is 1. The Morgan fingerprint density at radius 1 is 1.29 bits per heavy atom. The lowest BCUT2D eigenvalue weighted by Gasteiger charge is -2.09. The van der Waals surface area contributed by atoms with Crippen LogP contribution in [0, 0.1) is 6.92 Å². The second kappa shape index (κ2) is 8.30. The van der Waals surface area contributed by atoms with Crippen LogP contribution in [0.25, 0.3) is 0 Å². The lowest BCUT2D eigenvalue weighted by molar-refractivity contribution is -0.115. The van der Waals surface area contributed by atoms with Crippen LogP contribution in [0.4, 0.5) is 5.69 Å². The number of anilines is 1. The number of thioether (sulfide) groups is 1. The first-order chi connectivity index (χ1) is 11.4. The van der Waals surface area contributed by atoms with Crippen molar-refractivity contribution in [2.45, 2.75) is 37.6 Å². The van der Waals surface area contributed by atoms with Crippen LogP contribution in [0.2, 0.25) is 0 Å². The molecule has 1 aromatic carbocycles. The molecule has 0 atom stereocenters. The highest BCUT2D eigenvalue weighted by Gasteiger charge is 2.13. The lowest BCUT2D eigenvalue weighted by atomic mass is 10.2. The van der Waals surface area contributed by atoms with E-state index in [2.05, 4.69) is 10.3 Å². The Kier molecular flexibility index (Phi) is 6.39. The average Bonchev–Trinajstić information content (AvgIpc) is 2.87. The number of carbonyl (C=O) groups is 2. The maximum atomic E-state index is 12.2. The number of carbonyl (C=O) groups excluding carboxylic acids is 2. The summed E-state index contributed by atoms with van der Waals surface area (Å²) in [5, 5.41) is 2.83. The molecule has 2 rings (SSSR count). The molecule has 128 valence electrons. The van der Waals surface area contributed by atoms with E-state index in [1.807, 2.05) is 13.2 Å². The van der Waals surface area contributed by atoms with Crippen LogP contribution in [0.5, 0.6) is 0 Å². The highest BCUT2D eigenvalue weighted by molar-refractivity contribution is 8.00. The van der Waals surface area contributed by atoms with Crippen LogP contribution in [-0.4, -0.2) is 29.2 Å². The molecule has 0 aliphatic heterocycles. The molecule has 0 unspecified atom stereocenters. The minimum absolute atomic E-state index is 0.105. The maximum absolute atomic E-state index is 12.2. The molecule has 24 heavy (non-hydrogen) atoms. The molecule has 1 aromatic heterocycles. The van der Waals surface area contributed by atoms with Gasteiger partial charge in [-0.25, -0.2) is 9.78 Å². The SMILES string of the molecule is CSc1nc(C)c(CC(=O)Nc2ccc(C(=O)OC(C)C)cc2)s1. The first-order valence-corrected chi connectivity index (χ1v) is 9.54. The van der Waals surface area contributed by atoms with E-state index in [-0.39, 0.29) is 18.0 Å². The van der Waals surface area contributed by atoms with Gasteiger partial charge in [0, 0.05) is 10.6 Å². The summed E-state index contributed by atoms with van der Waals surface area (Å²) in [7, 11) is 0. The van der Waals surface area contributed by atoms with Gasteiger partial charge in [0.25, 0.3) is 0 Å². The van der Waals surface area contributed by atoms with Gasteiger partial charge in [0.1, 0.15) is 4.34 Å². The average molecular weight is 364 g/mol. The Morgan fingerprint density at radius 2 is 1.96 bits per heavy atom. The predicted molar refractivity (Wildman–Crippen MR) is 98.0 cm³/mol. The van der Waals surface area contributed by atoms with Gasteiger partial charge in [0.05, 0.1) is 23.8 Å². The van der Waals surface area contributed by atoms with Crippen LogP contribution in [0.15, 0.2) is 28.6 Å². The number of amides is 1. The summed E-state index contributed by atoms with van der Waals surface area (Å²) in [5.74, 6) is -0.473. The number of aromatic nitrogens is 1. The predicted octanol–water partition coefficient (Wildman–Crippen LogP) is 3.92. The van der Waals surface area contributed by atoms with Crippen molar-refractivity contribution in [1.82, 2.24) is 4.98 Å². The lowest BCUT2D eigenvalue weighted by Crippen LogP contribution is -2.15. The molecule has 0 bridgehead atoms. The Bertz CT molecular complexity index is 724. The molecule has 1 amide bonds. The zero-order chi connectivity index (χ0) is 17.7. The van der Waals surface area contributed by atoms with Gasteiger partial charge < -0.3 is 10.1 Å². The molecule has 5 nitrogen and oxygen atoms in total. The number of aryl methyl sites for hydroxylation is 1. The first-order valence-electron chi connectivity index (χ1n) is 7.50. The van der Waals surface area contributed by atoms with E-state index in [0.717, 1.165) is 14.9 Å². The number of hydrogen-bond donors (Lipinski definition) is 1. The second-order valence-corrected chi connectivity index (χ2v) is 7.59. The third kappa shape index (κ3) is 5.07. The van der Waals surface area contributed by atoms with Crippen LogP contribution in [0.3, 0.4) is 0 Å². The van der Waals surface area contributed by atoms with Crippen LogP contribution >= 0.6 is 23.1 Å². The normalized spacial score (nSPS) is 10.7. The van der Waals surface area contributed by atoms with Gasteiger partial charge >= 0.3 is 5.97 Å². The van der Waals surface area contributed by atoms with Crippen molar-refractivity contribution in [1.29, 1.82) is 0 Å². The van der Waals surface area contributed by atoms with Crippen molar-refractivity contribution in [3.05, 3.63) is 40.4 Å². The summed E-state index contributed by atoms with van der Waals surface area (Å²) in [5.41, 5.74) is 2.00. The molecular formula is C17H20N2O3S2. The zero-order valence-corrected chi connectivity index (χ0v) is 15.7. The second-order valence-electron chi connectivity index (χ2n) is 5.45. The number of hydrogen-bond acceptors (Lipinski definition) is 6. The molecule has 2 aromatic rings. The van der Waals surface area contributed by atoms with Gasteiger partial charge in [-0.2, -0.15) is 0 Å². The number of nitrogens with zero attached hydrogens (tertiary/aromatic N) is 1. The third-order valence-corrected chi connectivity index (χ3v) is 5.26. The Morgan fingerprint density at radius 3 is 2.50 bits per heavy atom. The van der Waals surface area contributed by atoms with E-state index in [4.69, 9.17) is 4.74 Å². The third-order valence-electron chi connectivity index (χ3n) is 3.12. The molecule has 1 N–H and O–H groups in total. The number of rotatable bonds is 6. The Labute approximate surface area is 149 Å². The van der Waals surface area contributed by atoms with Crippen molar-refractivity contribution in [2.24, 2.45) is 0 Å². The summed E-state index contributed by atoms with van der Waals surface area (Å²) in [6, 6.07) is 6.68. The highest BCUT2D eigenvalue weighted by Crippen LogP contribution is 2.26. The van der Waals surface area contributed by atoms with Gasteiger partial charge in [-0.15, -0.1) is 11.3 Å². The molecule has 0 saturated heterocycles. The number of nitrogens with one attached hydrogen (secondary N) is 1. The first kappa shape index (κ1) is 18.5. The largest absolute Gasteiger partial charge is 0.459 e. The quantitative estimate of drug-likeness (QED) is 0.621. The van der Waals surface area contributed by atoms with Crippen LogP contribution in [0.1, 0.15) is 34.8 Å². The van der Waals surface area contributed by atoms with E-state index in [1.54, 1.807) is 61.2 Å². The number of ether oxygens (including phenoxy) is 1. The fraction of sp³-hybridized carbons (Fsp3) is 0.353. The minimum atomic E-state index is -0.368. The molecule has 0 spiro atoms. The van der Waals surface area contributed by atoms with Crippen molar-refractivity contribution < 1.29 is 14.3 Å². The van der Waals surface area contributed by atoms with E-state index in [9.17, 15) is 9.59 Å². The van der Waals surface area contributed by atoms with E-state index in [0.29, 0.717) is 17.7 Å². The summed E-state index contributed by atoms with van der Waals surface area (Å²) in [6.45, 7) is 5.51. The highest BCUT2D eigenvalue weighted by atomic mass is 32.2. The zero-order valence-electron chi connectivity index (χ0n) is 14.1. The molecular weight excluding hydrogens is 344 g/mol. The van der Waals surface area contributed by atoms with Crippen molar-refractivity contribution in [2.75, 3.05) is 11.6 Å². The number of thiazole rings is 1. The standard InChI is InChI=1S/C17H20N2O3S2/c1-10(2)22-16(21)12-5-7-13(8-6-12)19-15(20)9-14-11(3)18-17(23-4)24-14/h5-8,10H,9H2,1-4H3,(H,19,20). The molecule has 0 aliphatic carbocycles. The fourth-order valence-corrected chi connectivity index (χ4v) is 3.63. The number of esters is 1. The molecule has 0 radical (unpaired) electrons. The summed E-state index contributed by atoms with van der Waals surface area (Å²) in [6.07, 6.45) is 2.10. The molecule has 0 aliphatic rings. The molecule has 1 heterocycles. The van der Waals surface area contributed by atoms with Crippen molar-refractivity contribution >= 4 is 40.7 Å². The topological polar surface area (TPSA) is 68.3 Å². The monoisotopic (exact) mass is 364 g/mol. The summed E-state index contributed by atoms with van der Waals surface area (Å²) >= 11 is 3.12. The Balaban J connectivity index is 1.96. The van der Waals surface area contributed by atoms with Gasteiger partial charge in [0.15, 0.2) is 0 Å². The fourth-order valence-electron chi connectivity index (χ4n) is 1.98. The van der Waals surface area contributed by atoms with Crippen LogP contribution in [-0.2, 0) is 16.0 Å². The van der Waals surface area contributed by atoms with Crippen molar-refractivity contribution in [3.8, 4) is 0 Å². The Hall–Kier alpha value is -1.86. The smallest absolute Gasteiger partial charge is 0.338 e. The van der Waals surface area contributed by atoms with Gasteiger partial charge in [-0.1, -0.05) is 11.8 Å². The van der Waals surface area contributed by atoms with Gasteiger partial charge in [-0.3, -0.25) is 4.79 Å². The van der Waals surface area contributed by atoms with Crippen molar-refractivity contribution in [3.63, 3.8) is 0 Å². The minimum Gasteiger partial charge on any atom is -0.459 e. The van der Waals surface area contributed by atoms with Gasteiger partial charge in [0.2, 0.25) is 5.91 Å². The molecule has 0 fully saturated rings. The summed E-state index contributed by atoms with van der Waals surface area (Å²) < 4.78 is 6.09. The van der Waals surface area contributed by atoms with E-state index >= 15 is 0 Å². The molecule has 7 heteroatoms. The summed E-state index contributed by atoms with van der Waals surface area (Å²) in [4.78, 5) is 29.3. The molecule has 0 saturated carbocycles. The van der Waals surface area contributed by atoms with Gasteiger partial charge in [-0.05, 0) is 51.3 Å². The van der Waals surface area contributed by atoms with E-state index < -0.39 is 0 Å². The van der Waals surface area contributed by atoms with E-state index in [1.165, 1.54) is 0 Å². The van der Waals surface area contributed by atoms with Crippen LogP contribution < -0.4 is 5.32 Å².